The Hall–Kier alpha value is -2.86. The summed E-state index contributed by atoms with van der Waals surface area (Å²) < 4.78 is 10.5. The van der Waals surface area contributed by atoms with Crippen LogP contribution in [0.15, 0.2) is 47.8 Å². The zero-order valence-corrected chi connectivity index (χ0v) is 16.4. The van der Waals surface area contributed by atoms with Crippen molar-refractivity contribution >= 4 is 22.9 Å². The number of rotatable bonds is 7. The molecule has 1 aromatic heterocycles. The highest BCUT2D eigenvalue weighted by Gasteiger charge is 2.10. The molecule has 0 bridgehead atoms. The molecule has 0 saturated carbocycles. The quantitative estimate of drug-likeness (QED) is 0.643. The van der Waals surface area contributed by atoms with Crippen molar-refractivity contribution in [2.24, 2.45) is 0 Å². The van der Waals surface area contributed by atoms with E-state index in [-0.39, 0.29) is 5.91 Å². The number of carbonyl (C=O) groups is 1. The Morgan fingerprint density at radius 2 is 1.89 bits per heavy atom. The van der Waals surface area contributed by atoms with Gasteiger partial charge in [0.05, 0.1) is 30.6 Å². The van der Waals surface area contributed by atoms with Crippen LogP contribution in [0.5, 0.6) is 11.5 Å². The average molecular weight is 382 g/mol. The van der Waals surface area contributed by atoms with Crippen LogP contribution < -0.4 is 14.8 Å². The fourth-order valence-electron chi connectivity index (χ4n) is 2.67. The summed E-state index contributed by atoms with van der Waals surface area (Å²) in [5.74, 6) is 1.42. The van der Waals surface area contributed by atoms with Crippen LogP contribution in [-0.4, -0.2) is 25.1 Å². The van der Waals surface area contributed by atoms with E-state index in [4.69, 9.17) is 9.47 Å². The normalized spacial score (nSPS) is 10.5. The van der Waals surface area contributed by atoms with Crippen molar-refractivity contribution in [3.8, 4) is 22.8 Å². The van der Waals surface area contributed by atoms with Crippen molar-refractivity contribution in [1.29, 1.82) is 0 Å². The summed E-state index contributed by atoms with van der Waals surface area (Å²) >= 11 is 1.57. The van der Waals surface area contributed by atoms with Crippen molar-refractivity contribution in [2.75, 3.05) is 19.5 Å². The number of hydrogen-bond donors (Lipinski definition) is 1. The summed E-state index contributed by atoms with van der Waals surface area (Å²) in [5, 5.41) is 5.87. The van der Waals surface area contributed by atoms with Crippen LogP contribution in [0.2, 0.25) is 0 Å². The third-order valence-electron chi connectivity index (χ3n) is 4.13. The smallest absolute Gasteiger partial charge is 0.224 e. The molecule has 0 radical (unpaired) electrons. The molecule has 0 spiro atoms. The molecule has 0 unspecified atom stereocenters. The molecule has 3 aromatic rings. The molecule has 0 saturated heterocycles. The van der Waals surface area contributed by atoms with Gasteiger partial charge in [0.15, 0.2) is 0 Å². The number of nitrogens with zero attached hydrogens (tertiary/aromatic N) is 1. The van der Waals surface area contributed by atoms with E-state index in [1.54, 1.807) is 25.6 Å². The maximum absolute atomic E-state index is 12.3. The molecule has 27 heavy (non-hydrogen) atoms. The van der Waals surface area contributed by atoms with Crippen molar-refractivity contribution in [2.45, 2.75) is 19.8 Å². The van der Waals surface area contributed by atoms with Gasteiger partial charge in [-0.2, -0.15) is 0 Å². The van der Waals surface area contributed by atoms with Crippen molar-refractivity contribution in [3.05, 3.63) is 58.4 Å². The number of aryl methyl sites for hydroxylation is 2. The largest absolute Gasteiger partial charge is 0.497 e. The number of ether oxygens (including phenoxy) is 2. The predicted molar refractivity (Wildman–Crippen MR) is 109 cm³/mol. The first-order chi connectivity index (χ1) is 13.1. The second-order valence-electron chi connectivity index (χ2n) is 6.11. The fraction of sp³-hybridized carbons (Fsp3) is 0.238. The SMILES string of the molecule is COc1ccc(-c2csc(CCC(=O)Nc3cc(C)ccc3OC)n2)cc1. The van der Waals surface area contributed by atoms with Gasteiger partial charge in [-0.05, 0) is 48.9 Å². The standard InChI is InChI=1S/C21H22N2O3S/c1-14-4-9-19(26-3)17(12-14)22-20(24)10-11-21-23-18(13-27-21)15-5-7-16(25-2)8-6-15/h4-9,12-13H,10-11H2,1-3H3,(H,22,24). The van der Waals surface area contributed by atoms with Gasteiger partial charge in [-0.15, -0.1) is 11.3 Å². The molecule has 0 aliphatic heterocycles. The number of methoxy groups -OCH3 is 2. The number of carbonyl (C=O) groups excluding carboxylic acids is 1. The third-order valence-corrected chi connectivity index (χ3v) is 5.04. The summed E-state index contributed by atoms with van der Waals surface area (Å²) in [6.07, 6.45) is 0.966. The number of thiazole rings is 1. The van der Waals surface area contributed by atoms with E-state index in [1.807, 2.05) is 54.8 Å². The lowest BCUT2D eigenvalue weighted by molar-refractivity contribution is -0.116. The minimum absolute atomic E-state index is 0.0555. The van der Waals surface area contributed by atoms with E-state index < -0.39 is 0 Å². The minimum atomic E-state index is -0.0555. The Kier molecular flexibility index (Phi) is 6.08. The summed E-state index contributed by atoms with van der Waals surface area (Å²) in [5.41, 5.74) is 3.71. The lowest BCUT2D eigenvalue weighted by atomic mass is 10.2. The van der Waals surface area contributed by atoms with E-state index in [0.717, 1.165) is 27.6 Å². The molecule has 1 amide bonds. The van der Waals surface area contributed by atoms with Gasteiger partial charge in [0.25, 0.3) is 0 Å². The number of hydrogen-bond acceptors (Lipinski definition) is 5. The molecule has 3 rings (SSSR count). The highest BCUT2D eigenvalue weighted by atomic mass is 32.1. The first-order valence-electron chi connectivity index (χ1n) is 8.62. The van der Waals surface area contributed by atoms with Gasteiger partial charge in [-0.25, -0.2) is 4.98 Å². The molecular weight excluding hydrogens is 360 g/mol. The number of nitrogens with one attached hydrogen (secondary N) is 1. The molecule has 1 N–H and O–H groups in total. The molecule has 0 fully saturated rings. The molecule has 0 aliphatic rings. The van der Waals surface area contributed by atoms with Crippen LogP contribution in [0, 0.1) is 6.92 Å². The Morgan fingerprint density at radius 1 is 1.11 bits per heavy atom. The van der Waals surface area contributed by atoms with Crippen LogP contribution in [-0.2, 0) is 11.2 Å². The molecule has 6 heteroatoms. The highest BCUT2D eigenvalue weighted by Crippen LogP contribution is 2.26. The molecule has 2 aromatic carbocycles. The number of aromatic nitrogens is 1. The average Bonchev–Trinajstić information content (AvgIpc) is 3.16. The second-order valence-corrected chi connectivity index (χ2v) is 7.05. The summed E-state index contributed by atoms with van der Waals surface area (Å²) in [6, 6.07) is 13.5. The van der Waals surface area contributed by atoms with Gasteiger partial charge in [0, 0.05) is 23.8 Å². The molecule has 0 aliphatic carbocycles. The molecule has 0 atom stereocenters. The summed E-state index contributed by atoms with van der Waals surface area (Å²) in [7, 11) is 3.24. The van der Waals surface area contributed by atoms with Gasteiger partial charge in [-0.3, -0.25) is 4.79 Å². The van der Waals surface area contributed by atoms with E-state index >= 15 is 0 Å². The van der Waals surface area contributed by atoms with Crippen LogP contribution in [0.25, 0.3) is 11.3 Å². The van der Waals surface area contributed by atoms with E-state index in [1.165, 1.54) is 0 Å². The van der Waals surface area contributed by atoms with Crippen LogP contribution in [0.4, 0.5) is 5.69 Å². The molecule has 140 valence electrons. The van der Waals surface area contributed by atoms with Gasteiger partial charge in [-0.1, -0.05) is 6.07 Å². The first-order valence-corrected chi connectivity index (χ1v) is 9.50. The zero-order valence-electron chi connectivity index (χ0n) is 15.6. The summed E-state index contributed by atoms with van der Waals surface area (Å²) in [4.78, 5) is 16.9. The second kappa shape index (κ2) is 8.68. The Balaban J connectivity index is 1.59. The van der Waals surface area contributed by atoms with Gasteiger partial charge < -0.3 is 14.8 Å². The van der Waals surface area contributed by atoms with Gasteiger partial charge in [0.2, 0.25) is 5.91 Å². The predicted octanol–water partition coefficient (Wildman–Crippen LogP) is 4.71. The maximum Gasteiger partial charge on any atom is 0.224 e. The topological polar surface area (TPSA) is 60.5 Å². The van der Waals surface area contributed by atoms with Crippen LogP contribution in [0.1, 0.15) is 17.0 Å². The van der Waals surface area contributed by atoms with E-state index in [9.17, 15) is 4.79 Å². The van der Waals surface area contributed by atoms with E-state index in [2.05, 4.69) is 10.3 Å². The van der Waals surface area contributed by atoms with Gasteiger partial charge in [0.1, 0.15) is 11.5 Å². The van der Waals surface area contributed by atoms with Crippen LogP contribution >= 0.6 is 11.3 Å². The fourth-order valence-corrected chi connectivity index (χ4v) is 3.48. The summed E-state index contributed by atoms with van der Waals surface area (Å²) in [6.45, 7) is 1.98. The van der Waals surface area contributed by atoms with Gasteiger partial charge >= 0.3 is 0 Å². The van der Waals surface area contributed by atoms with Crippen molar-refractivity contribution in [3.63, 3.8) is 0 Å². The third kappa shape index (κ3) is 4.86. The Morgan fingerprint density at radius 3 is 2.59 bits per heavy atom. The minimum Gasteiger partial charge on any atom is -0.497 e. The van der Waals surface area contributed by atoms with Crippen LogP contribution in [0.3, 0.4) is 0 Å². The zero-order chi connectivity index (χ0) is 19.2. The number of anilines is 1. The Bertz CT molecular complexity index is 919. The lowest BCUT2D eigenvalue weighted by Gasteiger charge is -2.10. The first kappa shape index (κ1) is 18.9. The molecular formula is C21H22N2O3S. The highest BCUT2D eigenvalue weighted by molar-refractivity contribution is 7.09. The molecule has 5 nitrogen and oxygen atoms in total. The van der Waals surface area contributed by atoms with Crippen molar-refractivity contribution in [1.82, 2.24) is 4.98 Å². The maximum atomic E-state index is 12.3. The number of benzene rings is 2. The Labute approximate surface area is 163 Å². The van der Waals surface area contributed by atoms with E-state index in [0.29, 0.717) is 24.3 Å². The monoisotopic (exact) mass is 382 g/mol. The number of amides is 1. The molecule has 1 heterocycles. The lowest BCUT2D eigenvalue weighted by Crippen LogP contribution is -2.13. The van der Waals surface area contributed by atoms with Crippen molar-refractivity contribution < 1.29 is 14.3 Å².